The van der Waals surface area contributed by atoms with Gasteiger partial charge in [-0.2, -0.15) is 13.2 Å². The van der Waals surface area contributed by atoms with E-state index in [-0.39, 0.29) is 0 Å². The largest absolute Gasteiger partial charge is 0.456 e. The number of halogens is 3. The van der Waals surface area contributed by atoms with Crippen LogP contribution < -0.4 is 0 Å². The quantitative estimate of drug-likeness (QED) is 0.677. The number of nitrogens with zero attached hydrogens (tertiary/aromatic N) is 1. The van der Waals surface area contributed by atoms with Crippen molar-refractivity contribution >= 4 is 12.0 Å². The van der Waals surface area contributed by atoms with E-state index in [2.05, 4.69) is 6.58 Å². The van der Waals surface area contributed by atoms with Crippen LogP contribution in [0.1, 0.15) is 16.2 Å². The minimum Gasteiger partial charge on any atom is -0.318 e. The third-order valence-electron chi connectivity index (χ3n) is 1.79. The Labute approximate surface area is 78.6 Å². The Bertz CT molecular complexity index is 376. The maximum Gasteiger partial charge on any atom is 0.456 e. The fraction of sp³-hybridized carbons (Fsp3) is 0.222. The van der Waals surface area contributed by atoms with Crippen LogP contribution >= 0.6 is 0 Å². The summed E-state index contributed by atoms with van der Waals surface area (Å²) in [5, 5.41) is 0. The van der Waals surface area contributed by atoms with Crippen LogP contribution in [0.5, 0.6) is 0 Å². The summed E-state index contributed by atoms with van der Waals surface area (Å²) in [6.45, 7) is 4.92. The average Bonchev–Trinajstić information content (AvgIpc) is 2.43. The van der Waals surface area contributed by atoms with Gasteiger partial charge in [-0.1, -0.05) is 6.58 Å². The van der Waals surface area contributed by atoms with Crippen molar-refractivity contribution in [2.45, 2.75) is 13.1 Å². The van der Waals surface area contributed by atoms with Gasteiger partial charge < -0.3 is 4.57 Å². The van der Waals surface area contributed by atoms with E-state index in [1.54, 1.807) is 6.92 Å². The maximum atomic E-state index is 12.1. The molecule has 5 heteroatoms. The molecule has 1 rings (SSSR count). The molecule has 0 N–H and O–H groups in total. The van der Waals surface area contributed by atoms with E-state index >= 15 is 0 Å². The predicted molar refractivity (Wildman–Crippen MR) is 45.9 cm³/mol. The lowest BCUT2D eigenvalue weighted by atomic mass is 10.3. The Kier molecular flexibility index (Phi) is 2.51. The highest BCUT2D eigenvalue weighted by molar-refractivity contribution is 5.99. The SMILES string of the molecule is C=Cn1c(C)ccc1C(=O)C(F)(F)F. The first-order valence-electron chi connectivity index (χ1n) is 3.80. The van der Waals surface area contributed by atoms with E-state index in [4.69, 9.17) is 0 Å². The molecular formula is C9H8F3NO. The molecule has 1 heterocycles. The first-order chi connectivity index (χ1) is 6.38. The lowest BCUT2D eigenvalue weighted by Gasteiger charge is -2.07. The molecule has 0 saturated carbocycles. The molecule has 1 aromatic heterocycles. The van der Waals surface area contributed by atoms with E-state index in [1.165, 1.54) is 12.3 Å². The summed E-state index contributed by atoms with van der Waals surface area (Å²) in [5.41, 5.74) is 0.123. The number of rotatable bonds is 2. The van der Waals surface area contributed by atoms with Gasteiger partial charge >= 0.3 is 6.18 Å². The van der Waals surface area contributed by atoms with Crippen molar-refractivity contribution in [2.24, 2.45) is 0 Å². The predicted octanol–water partition coefficient (Wildman–Crippen LogP) is 2.64. The molecule has 0 unspecified atom stereocenters. The minimum atomic E-state index is -4.84. The van der Waals surface area contributed by atoms with Crippen molar-refractivity contribution in [3.63, 3.8) is 0 Å². The second-order valence-electron chi connectivity index (χ2n) is 2.74. The minimum absolute atomic E-state index is 0.412. The number of alkyl halides is 3. The van der Waals surface area contributed by atoms with E-state index < -0.39 is 17.7 Å². The van der Waals surface area contributed by atoms with Crippen molar-refractivity contribution in [3.8, 4) is 0 Å². The first-order valence-corrected chi connectivity index (χ1v) is 3.80. The summed E-state index contributed by atoms with van der Waals surface area (Å²) in [7, 11) is 0. The van der Waals surface area contributed by atoms with Crippen LogP contribution in [0.2, 0.25) is 0 Å². The molecule has 0 spiro atoms. The van der Waals surface area contributed by atoms with Crippen molar-refractivity contribution in [1.82, 2.24) is 4.57 Å². The van der Waals surface area contributed by atoms with Gasteiger partial charge in [-0.15, -0.1) is 0 Å². The normalized spacial score (nSPS) is 11.4. The Morgan fingerprint density at radius 3 is 2.50 bits per heavy atom. The van der Waals surface area contributed by atoms with E-state index in [9.17, 15) is 18.0 Å². The van der Waals surface area contributed by atoms with Crippen LogP contribution in [-0.2, 0) is 0 Å². The number of aryl methyl sites for hydroxylation is 1. The van der Waals surface area contributed by atoms with Gasteiger partial charge in [0.25, 0.3) is 5.78 Å². The fourth-order valence-electron chi connectivity index (χ4n) is 1.12. The zero-order valence-electron chi connectivity index (χ0n) is 7.43. The van der Waals surface area contributed by atoms with E-state index in [1.807, 2.05) is 0 Å². The Balaban J connectivity index is 3.20. The Morgan fingerprint density at radius 2 is 2.07 bits per heavy atom. The molecule has 2 nitrogen and oxygen atoms in total. The van der Waals surface area contributed by atoms with Gasteiger partial charge in [-0.05, 0) is 19.1 Å². The number of hydrogen-bond acceptors (Lipinski definition) is 1. The van der Waals surface area contributed by atoms with Gasteiger partial charge in [0.05, 0.1) is 5.69 Å². The van der Waals surface area contributed by atoms with Crippen molar-refractivity contribution in [3.05, 3.63) is 30.1 Å². The third kappa shape index (κ3) is 1.71. The van der Waals surface area contributed by atoms with Gasteiger partial charge in [-0.3, -0.25) is 4.79 Å². The van der Waals surface area contributed by atoms with Gasteiger partial charge in [-0.25, -0.2) is 0 Å². The van der Waals surface area contributed by atoms with Crippen molar-refractivity contribution < 1.29 is 18.0 Å². The van der Waals surface area contributed by atoms with Crippen molar-refractivity contribution in [2.75, 3.05) is 0 Å². The third-order valence-corrected chi connectivity index (χ3v) is 1.79. The number of carbonyl (C=O) groups excluding carboxylic acids is 1. The van der Waals surface area contributed by atoms with Crippen LogP contribution in [0.3, 0.4) is 0 Å². The van der Waals surface area contributed by atoms with Gasteiger partial charge in [0.1, 0.15) is 0 Å². The number of carbonyl (C=O) groups is 1. The molecule has 0 aromatic carbocycles. The highest BCUT2D eigenvalue weighted by Crippen LogP contribution is 2.22. The number of aromatic nitrogens is 1. The lowest BCUT2D eigenvalue weighted by molar-refractivity contribution is -0.0889. The van der Waals surface area contributed by atoms with Crippen LogP contribution in [0, 0.1) is 6.92 Å². The highest BCUT2D eigenvalue weighted by atomic mass is 19.4. The maximum absolute atomic E-state index is 12.1. The molecule has 0 amide bonds. The second kappa shape index (κ2) is 3.32. The summed E-state index contributed by atoms with van der Waals surface area (Å²) >= 11 is 0. The molecule has 0 aliphatic carbocycles. The summed E-state index contributed by atoms with van der Waals surface area (Å²) in [5.74, 6) is -1.86. The molecule has 0 bridgehead atoms. The van der Waals surface area contributed by atoms with Crippen LogP contribution in [-0.4, -0.2) is 16.5 Å². The lowest BCUT2D eigenvalue weighted by Crippen LogP contribution is -2.24. The molecule has 14 heavy (non-hydrogen) atoms. The number of Topliss-reactive ketones (excluding diaryl/α,β-unsaturated/α-hetero) is 1. The standard InChI is InChI=1S/C9H8F3NO/c1-3-13-6(2)4-5-7(13)8(14)9(10,11)12/h3-5H,1H2,2H3. The van der Waals surface area contributed by atoms with Crippen LogP contribution in [0.15, 0.2) is 18.7 Å². The topological polar surface area (TPSA) is 22.0 Å². The first kappa shape index (κ1) is 10.6. The van der Waals surface area contributed by atoms with E-state index in [0.29, 0.717) is 5.69 Å². The molecule has 0 atom stereocenters. The number of ketones is 1. The Morgan fingerprint density at radius 1 is 1.50 bits per heavy atom. The molecule has 1 aromatic rings. The van der Waals surface area contributed by atoms with Crippen LogP contribution in [0.25, 0.3) is 6.20 Å². The molecule has 0 saturated heterocycles. The van der Waals surface area contributed by atoms with E-state index in [0.717, 1.165) is 10.6 Å². The van der Waals surface area contributed by atoms with Crippen molar-refractivity contribution in [1.29, 1.82) is 0 Å². The fourth-order valence-corrected chi connectivity index (χ4v) is 1.12. The van der Waals surface area contributed by atoms with Crippen LogP contribution in [0.4, 0.5) is 13.2 Å². The summed E-state index contributed by atoms with van der Waals surface area (Å²) in [6.07, 6.45) is -3.67. The monoisotopic (exact) mass is 203 g/mol. The average molecular weight is 203 g/mol. The summed E-state index contributed by atoms with van der Waals surface area (Å²) < 4.78 is 37.3. The molecule has 0 aliphatic heterocycles. The zero-order valence-corrected chi connectivity index (χ0v) is 7.43. The second-order valence-corrected chi connectivity index (χ2v) is 2.74. The Hall–Kier alpha value is -1.52. The summed E-state index contributed by atoms with van der Waals surface area (Å²) in [4.78, 5) is 10.9. The highest BCUT2D eigenvalue weighted by Gasteiger charge is 2.40. The van der Waals surface area contributed by atoms with Gasteiger partial charge in [0.15, 0.2) is 0 Å². The van der Waals surface area contributed by atoms with Gasteiger partial charge in [0, 0.05) is 11.9 Å². The molecule has 0 fully saturated rings. The number of hydrogen-bond donors (Lipinski definition) is 0. The summed E-state index contributed by atoms with van der Waals surface area (Å²) in [6, 6.07) is 2.56. The van der Waals surface area contributed by atoms with Gasteiger partial charge in [0.2, 0.25) is 0 Å². The zero-order chi connectivity index (χ0) is 10.9. The molecule has 0 radical (unpaired) electrons. The molecular weight excluding hydrogens is 195 g/mol. The molecule has 0 aliphatic rings. The molecule has 76 valence electrons. The smallest absolute Gasteiger partial charge is 0.318 e.